The Kier molecular flexibility index (Phi) is 1.70. The third-order valence-electron chi connectivity index (χ3n) is 3.21. The number of carbonyl (C=O) groups excluding carboxylic acids is 1. The predicted octanol–water partition coefficient (Wildman–Crippen LogP) is 1.95. The van der Waals surface area contributed by atoms with E-state index in [9.17, 15) is 4.79 Å². The van der Waals surface area contributed by atoms with E-state index in [0.717, 1.165) is 37.2 Å². The fourth-order valence-electron chi connectivity index (χ4n) is 2.15. The van der Waals surface area contributed by atoms with E-state index >= 15 is 0 Å². The van der Waals surface area contributed by atoms with Gasteiger partial charge in [-0.2, -0.15) is 4.99 Å². The van der Waals surface area contributed by atoms with Crippen LogP contribution in [0.25, 0.3) is 0 Å². The Balaban J connectivity index is 2.03. The van der Waals surface area contributed by atoms with Gasteiger partial charge < -0.3 is 4.74 Å². The molecule has 76 valence electrons. The van der Waals surface area contributed by atoms with Crippen LogP contribution in [0.1, 0.15) is 24.0 Å². The zero-order valence-electron chi connectivity index (χ0n) is 8.32. The molecule has 0 atom stereocenters. The molecule has 3 nitrogen and oxygen atoms in total. The van der Waals surface area contributed by atoms with Gasteiger partial charge in [0, 0.05) is 6.42 Å². The largest absolute Gasteiger partial charge is 0.493 e. The maximum absolute atomic E-state index is 10.4. The van der Waals surface area contributed by atoms with E-state index in [1.807, 2.05) is 12.1 Å². The van der Waals surface area contributed by atoms with Gasteiger partial charge in [0.25, 0.3) is 0 Å². The third kappa shape index (κ3) is 1.28. The van der Waals surface area contributed by atoms with E-state index in [2.05, 4.69) is 11.1 Å². The van der Waals surface area contributed by atoms with Gasteiger partial charge in [0.05, 0.1) is 12.1 Å². The molecule has 0 N–H and O–H groups in total. The van der Waals surface area contributed by atoms with E-state index in [1.54, 1.807) is 6.08 Å². The maximum Gasteiger partial charge on any atom is 0.235 e. The highest BCUT2D eigenvalue weighted by Gasteiger charge is 2.45. The molecule has 2 aliphatic rings. The highest BCUT2D eigenvalue weighted by atomic mass is 16.5. The van der Waals surface area contributed by atoms with E-state index in [4.69, 9.17) is 4.74 Å². The van der Waals surface area contributed by atoms with Gasteiger partial charge in [-0.25, -0.2) is 4.79 Å². The fraction of sp³-hybridized carbons (Fsp3) is 0.417. The quantitative estimate of drug-likeness (QED) is 0.542. The summed E-state index contributed by atoms with van der Waals surface area (Å²) >= 11 is 0. The number of rotatable bonds is 2. The number of benzene rings is 1. The Bertz CT molecular complexity index is 457. The van der Waals surface area contributed by atoms with Crippen LogP contribution in [-0.4, -0.2) is 12.7 Å². The van der Waals surface area contributed by atoms with Crippen molar-refractivity contribution in [3.05, 3.63) is 29.3 Å². The lowest BCUT2D eigenvalue weighted by Gasteiger charge is -2.09. The van der Waals surface area contributed by atoms with Crippen molar-refractivity contribution in [2.45, 2.75) is 24.8 Å². The molecule has 0 spiro atoms. The average molecular weight is 201 g/mol. The van der Waals surface area contributed by atoms with Crippen molar-refractivity contribution in [1.29, 1.82) is 0 Å². The summed E-state index contributed by atoms with van der Waals surface area (Å²) < 4.78 is 5.44. The number of aliphatic imine (C=N–C) groups is 1. The molecule has 3 heteroatoms. The fourth-order valence-corrected chi connectivity index (χ4v) is 2.15. The standard InChI is InChI=1S/C12H11NO2/c14-8-13-12(4-5-12)10-1-2-11-9(7-10)3-6-15-11/h1-2,7H,3-6H2. The summed E-state index contributed by atoms with van der Waals surface area (Å²) in [5.41, 5.74) is 2.12. The molecule has 0 saturated heterocycles. The molecular weight excluding hydrogens is 190 g/mol. The summed E-state index contributed by atoms with van der Waals surface area (Å²) in [5.74, 6) is 0.977. The van der Waals surface area contributed by atoms with Crippen molar-refractivity contribution in [2.24, 2.45) is 4.99 Å². The van der Waals surface area contributed by atoms with Crippen LogP contribution in [0.2, 0.25) is 0 Å². The highest BCUT2D eigenvalue weighted by molar-refractivity contribution is 5.46. The molecule has 3 rings (SSSR count). The summed E-state index contributed by atoms with van der Waals surface area (Å²) in [6.07, 6.45) is 4.56. The first-order chi connectivity index (χ1) is 7.34. The monoisotopic (exact) mass is 201 g/mol. The van der Waals surface area contributed by atoms with Crippen LogP contribution >= 0.6 is 0 Å². The first-order valence-electron chi connectivity index (χ1n) is 5.19. The minimum absolute atomic E-state index is 0.251. The summed E-state index contributed by atoms with van der Waals surface area (Å²) in [5, 5.41) is 0. The molecule has 15 heavy (non-hydrogen) atoms. The third-order valence-corrected chi connectivity index (χ3v) is 3.21. The second kappa shape index (κ2) is 2.94. The summed E-state index contributed by atoms with van der Waals surface area (Å²) in [4.78, 5) is 14.3. The van der Waals surface area contributed by atoms with Gasteiger partial charge in [-0.05, 0) is 36.1 Å². The van der Waals surface area contributed by atoms with Crippen molar-refractivity contribution in [3.63, 3.8) is 0 Å². The Morgan fingerprint density at radius 1 is 1.40 bits per heavy atom. The van der Waals surface area contributed by atoms with Crippen molar-refractivity contribution < 1.29 is 9.53 Å². The van der Waals surface area contributed by atoms with Gasteiger partial charge in [0.2, 0.25) is 6.08 Å². The molecule has 1 heterocycles. The minimum Gasteiger partial charge on any atom is -0.493 e. The zero-order chi connectivity index (χ0) is 10.3. The topological polar surface area (TPSA) is 38.7 Å². The Hall–Kier alpha value is -1.60. The number of fused-ring (bicyclic) bond motifs is 1. The molecule has 1 aliphatic carbocycles. The van der Waals surface area contributed by atoms with Crippen LogP contribution in [0.15, 0.2) is 23.2 Å². The molecule has 0 unspecified atom stereocenters. The SMILES string of the molecule is O=C=NC1(c2ccc3c(c2)CCO3)CC1. The average Bonchev–Trinajstić information content (AvgIpc) is 2.89. The summed E-state index contributed by atoms with van der Waals surface area (Å²) in [6, 6.07) is 6.12. The number of hydrogen-bond donors (Lipinski definition) is 0. The normalized spacial score (nSPS) is 20.0. The van der Waals surface area contributed by atoms with Crippen LogP contribution in [0.3, 0.4) is 0 Å². The molecule has 1 fully saturated rings. The number of nitrogens with zero attached hydrogens (tertiary/aromatic N) is 1. The van der Waals surface area contributed by atoms with Gasteiger partial charge >= 0.3 is 0 Å². The smallest absolute Gasteiger partial charge is 0.235 e. The van der Waals surface area contributed by atoms with Crippen molar-refractivity contribution in [2.75, 3.05) is 6.61 Å². The summed E-state index contributed by atoms with van der Waals surface area (Å²) in [6.45, 7) is 0.767. The van der Waals surface area contributed by atoms with Gasteiger partial charge in [0.1, 0.15) is 5.75 Å². The maximum atomic E-state index is 10.4. The van der Waals surface area contributed by atoms with E-state index in [1.165, 1.54) is 5.56 Å². The predicted molar refractivity (Wildman–Crippen MR) is 54.7 cm³/mol. The molecule has 0 radical (unpaired) electrons. The second-order valence-electron chi connectivity index (χ2n) is 4.16. The van der Waals surface area contributed by atoms with Crippen LogP contribution in [0.4, 0.5) is 0 Å². The van der Waals surface area contributed by atoms with Crippen LogP contribution < -0.4 is 4.74 Å². The second-order valence-corrected chi connectivity index (χ2v) is 4.16. The van der Waals surface area contributed by atoms with Gasteiger partial charge in [-0.15, -0.1) is 0 Å². The van der Waals surface area contributed by atoms with Gasteiger partial charge in [-0.1, -0.05) is 6.07 Å². The van der Waals surface area contributed by atoms with Crippen LogP contribution in [0.5, 0.6) is 5.75 Å². The molecule has 0 amide bonds. The number of hydrogen-bond acceptors (Lipinski definition) is 3. The van der Waals surface area contributed by atoms with Crippen LogP contribution in [-0.2, 0) is 16.8 Å². The first-order valence-corrected chi connectivity index (χ1v) is 5.19. The van der Waals surface area contributed by atoms with Gasteiger partial charge in [0.15, 0.2) is 0 Å². The van der Waals surface area contributed by atoms with E-state index in [-0.39, 0.29) is 5.54 Å². The van der Waals surface area contributed by atoms with Crippen molar-refractivity contribution >= 4 is 6.08 Å². The zero-order valence-corrected chi connectivity index (χ0v) is 8.32. The number of ether oxygens (including phenoxy) is 1. The summed E-state index contributed by atoms with van der Waals surface area (Å²) in [7, 11) is 0. The first kappa shape index (κ1) is 8.69. The Morgan fingerprint density at radius 2 is 2.27 bits per heavy atom. The lowest BCUT2D eigenvalue weighted by atomic mass is 10.0. The Labute approximate surface area is 87.8 Å². The molecule has 1 aliphatic heterocycles. The lowest BCUT2D eigenvalue weighted by Crippen LogP contribution is -2.02. The van der Waals surface area contributed by atoms with Crippen LogP contribution in [0, 0.1) is 0 Å². The van der Waals surface area contributed by atoms with Gasteiger partial charge in [-0.3, -0.25) is 0 Å². The minimum atomic E-state index is -0.251. The molecule has 1 aromatic carbocycles. The molecule has 1 saturated carbocycles. The molecular formula is C12H11NO2. The van der Waals surface area contributed by atoms with E-state index < -0.39 is 0 Å². The molecule has 1 aromatic rings. The van der Waals surface area contributed by atoms with E-state index in [0.29, 0.717) is 0 Å². The Morgan fingerprint density at radius 3 is 3.00 bits per heavy atom. The molecule has 0 aromatic heterocycles. The number of isocyanates is 1. The molecule has 0 bridgehead atoms. The van der Waals surface area contributed by atoms with Crippen molar-refractivity contribution in [3.8, 4) is 5.75 Å². The highest BCUT2D eigenvalue weighted by Crippen LogP contribution is 2.50. The lowest BCUT2D eigenvalue weighted by molar-refractivity contribution is 0.357. The van der Waals surface area contributed by atoms with Crippen molar-refractivity contribution in [1.82, 2.24) is 0 Å².